The molecule has 1 N–H and O–H groups in total. The van der Waals surface area contributed by atoms with Crippen molar-refractivity contribution in [1.29, 1.82) is 0 Å². The van der Waals surface area contributed by atoms with Gasteiger partial charge >= 0.3 is 0 Å². The van der Waals surface area contributed by atoms with Gasteiger partial charge < -0.3 is 14.8 Å². The molecule has 0 spiro atoms. The second-order valence-corrected chi connectivity index (χ2v) is 6.50. The number of benzene rings is 2. The Labute approximate surface area is 158 Å². The Hall–Kier alpha value is -3.34. The van der Waals surface area contributed by atoms with Crippen molar-refractivity contribution in [2.75, 3.05) is 7.11 Å². The van der Waals surface area contributed by atoms with Crippen LogP contribution in [-0.2, 0) is 6.61 Å². The van der Waals surface area contributed by atoms with Crippen LogP contribution in [0.25, 0.3) is 11.1 Å². The number of hydrogen-bond acceptors (Lipinski definition) is 4. The van der Waals surface area contributed by atoms with Gasteiger partial charge in [0.05, 0.1) is 19.3 Å². The van der Waals surface area contributed by atoms with Crippen LogP contribution in [0.2, 0.25) is 0 Å². The van der Waals surface area contributed by atoms with Gasteiger partial charge in [0.2, 0.25) is 0 Å². The predicted octanol–water partition coefficient (Wildman–Crippen LogP) is 4.14. The number of carbonyl (C=O) groups is 1. The van der Waals surface area contributed by atoms with Crippen molar-refractivity contribution in [3.8, 4) is 22.6 Å². The van der Waals surface area contributed by atoms with E-state index in [4.69, 9.17) is 9.47 Å². The van der Waals surface area contributed by atoms with Gasteiger partial charge in [-0.3, -0.25) is 9.78 Å². The number of nitrogens with one attached hydrogen (secondary N) is 1. The summed E-state index contributed by atoms with van der Waals surface area (Å²) in [6.45, 7) is 2.39. The summed E-state index contributed by atoms with van der Waals surface area (Å²) in [6, 6.07) is 15.2. The second-order valence-electron chi connectivity index (χ2n) is 6.50. The molecular formula is C22H20N2O3. The zero-order valence-corrected chi connectivity index (χ0v) is 15.2. The first-order valence-electron chi connectivity index (χ1n) is 8.80. The maximum Gasteiger partial charge on any atom is 0.251 e. The number of methoxy groups -OCH3 is 1. The molecule has 1 aromatic heterocycles. The first-order chi connectivity index (χ1) is 13.2. The molecule has 1 aliphatic rings. The van der Waals surface area contributed by atoms with Crippen molar-refractivity contribution >= 4 is 5.91 Å². The Bertz CT molecular complexity index is 1000. The standard InChI is InChI=1S/C22H20N2O3/c1-14(15-4-3-5-18(11-15)26-2)24-22(25)16-6-7-19-17(10-16)13-27-21-12-23-9-8-20(19)21/h3-12,14H,13H2,1-2H3,(H,24,25). The van der Waals surface area contributed by atoms with Crippen LogP contribution >= 0.6 is 0 Å². The molecule has 27 heavy (non-hydrogen) atoms. The highest BCUT2D eigenvalue weighted by molar-refractivity contribution is 5.95. The van der Waals surface area contributed by atoms with E-state index < -0.39 is 0 Å². The molecule has 5 nitrogen and oxygen atoms in total. The molecule has 1 aliphatic heterocycles. The molecule has 0 saturated carbocycles. The largest absolute Gasteiger partial charge is 0.497 e. The van der Waals surface area contributed by atoms with Crippen LogP contribution in [0.5, 0.6) is 11.5 Å². The minimum atomic E-state index is -0.133. The van der Waals surface area contributed by atoms with Crippen LogP contribution in [-0.4, -0.2) is 18.0 Å². The van der Waals surface area contributed by atoms with Crippen LogP contribution in [0.15, 0.2) is 60.9 Å². The number of carbonyl (C=O) groups excluding carboxylic acids is 1. The fourth-order valence-electron chi connectivity index (χ4n) is 3.26. The van der Waals surface area contributed by atoms with Gasteiger partial charge in [0.25, 0.3) is 5.91 Å². The summed E-state index contributed by atoms with van der Waals surface area (Å²) in [6.07, 6.45) is 3.46. The third-order valence-corrected chi connectivity index (χ3v) is 4.77. The fraction of sp³-hybridized carbons (Fsp3) is 0.182. The Morgan fingerprint density at radius 1 is 1.19 bits per heavy atom. The minimum absolute atomic E-state index is 0.117. The number of nitrogens with zero attached hydrogens (tertiary/aromatic N) is 1. The molecule has 4 rings (SSSR count). The van der Waals surface area contributed by atoms with Gasteiger partial charge in [0.15, 0.2) is 0 Å². The Balaban J connectivity index is 1.55. The average molecular weight is 360 g/mol. The Kier molecular flexibility index (Phi) is 4.50. The number of aromatic nitrogens is 1. The van der Waals surface area contributed by atoms with Crippen molar-refractivity contribution in [2.45, 2.75) is 19.6 Å². The summed E-state index contributed by atoms with van der Waals surface area (Å²) in [7, 11) is 1.63. The van der Waals surface area contributed by atoms with E-state index in [1.807, 2.05) is 55.5 Å². The minimum Gasteiger partial charge on any atom is -0.497 e. The van der Waals surface area contributed by atoms with E-state index in [-0.39, 0.29) is 11.9 Å². The molecule has 0 radical (unpaired) electrons. The average Bonchev–Trinajstić information content (AvgIpc) is 2.73. The summed E-state index contributed by atoms with van der Waals surface area (Å²) < 4.78 is 11.0. The Morgan fingerprint density at radius 3 is 2.93 bits per heavy atom. The van der Waals surface area contributed by atoms with Gasteiger partial charge in [-0.25, -0.2) is 0 Å². The summed E-state index contributed by atoms with van der Waals surface area (Å²) in [5, 5.41) is 3.04. The van der Waals surface area contributed by atoms with Crippen molar-refractivity contribution in [3.05, 3.63) is 77.6 Å². The number of rotatable bonds is 4. The van der Waals surface area contributed by atoms with Gasteiger partial charge in [0.1, 0.15) is 18.1 Å². The van der Waals surface area contributed by atoms with E-state index >= 15 is 0 Å². The summed E-state index contributed by atoms with van der Waals surface area (Å²) in [4.78, 5) is 16.8. The van der Waals surface area contributed by atoms with Crippen molar-refractivity contribution in [1.82, 2.24) is 10.3 Å². The number of amides is 1. The van der Waals surface area contributed by atoms with Gasteiger partial charge in [-0.2, -0.15) is 0 Å². The second kappa shape index (κ2) is 7.11. The van der Waals surface area contributed by atoms with Gasteiger partial charge in [-0.1, -0.05) is 18.2 Å². The molecule has 136 valence electrons. The molecule has 2 heterocycles. The quantitative estimate of drug-likeness (QED) is 0.760. The van der Waals surface area contributed by atoms with Crippen LogP contribution in [0.4, 0.5) is 0 Å². The lowest BCUT2D eigenvalue weighted by Crippen LogP contribution is -2.27. The van der Waals surface area contributed by atoms with E-state index in [1.165, 1.54) is 0 Å². The molecule has 1 amide bonds. The highest BCUT2D eigenvalue weighted by Crippen LogP contribution is 2.36. The first kappa shape index (κ1) is 17.1. The zero-order valence-electron chi connectivity index (χ0n) is 15.2. The van der Waals surface area contributed by atoms with Crippen LogP contribution in [0.1, 0.15) is 34.5 Å². The molecule has 0 fully saturated rings. The van der Waals surface area contributed by atoms with E-state index in [9.17, 15) is 4.79 Å². The molecule has 3 aromatic rings. The lowest BCUT2D eigenvalue weighted by molar-refractivity contribution is 0.0939. The van der Waals surface area contributed by atoms with E-state index in [0.29, 0.717) is 12.2 Å². The van der Waals surface area contributed by atoms with Crippen molar-refractivity contribution in [3.63, 3.8) is 0 Å². The summed E-state index contributed by atoms with van der Waals surface area (Å²) in [5.74, 6) is 1.43. The van der Waals surface area contributed by atoms with E-state index in [0.717, 1.165) is 33.8 Å². The SMILES string of the molecule is COc1cccc(C(C)NC(=O)c2ccc3c(c2)COc2cnccc2-3)c1. The predicted molar refractivity (Wildman–Crippen MR) is 103 cm³/mol. The number of fused-ring (bicyclic) bond motifs is 3. The van der Waals surface area contributed by atoms with E-state index in [2.05, 4.69) is 10.3 Å². The highest BCUT2D eigenvalue weighted by Gasteiger charge is 2.19. The zero-order chi connectivity index (χ0) is 18.8. The van der Waals surface area contributed by atoms with Crippen LogP contribution in [0.3, 0.4) is 0 Å². The maximum absolute atomic E-state index is 12.7. The topological polar surface area (TPSA) is 60.5 Å². The maximum atomic E-state index is 12.7. The lowest BCUT2D eigenvalue weighted by Gasteiger charge is -2.21. The fourth-order valence-corrected chi connectivity index (χ4v) is 3.26. The molecule has 0 saturated heterocycles. The molecule has 1 atom stereocenters. The van der Waals surface area contributed by atoms with Crippen molar-refractivity contribution in [2.24, 2.45) is 0 Å². The molecule has 2 aromatic carbocycles. The molecule has 0 bridgehead atoms. The summed E-state index contributed by atoms with van der Waals surface area (Å²) in [5.41, 5.74) is 4.68. The van der Waals surface area contributed by atoms with Crippen molar-refractivity contribution < 1.29 is 14.3 Å². The molecule has 0 aliphatic carbocycles. The smallest absolute Gasteiger partial charge is 0.251 e. The first-order valence-corrected chi connectivity index (χ1v) is 8.80. The normalized spacial score (nSPS) is 13.0. The van der Waals surface area contributed by atoms with Crippen LogP contribution in [0, 0.1) is 0 Å². The van der Waals surface area contributed by atoms with Crippen LogP contribution < -0.4 is 14.8 Å². The Morgan fingerprint density at radius 2 is 2.07 bits per heavy atom. The molecule has 5 heteroatoms. The highest BCUT2D eigenvalue weighted by atomic mass is 16.5. The summed E-state index contributed by atoms with van der Waals surface area (Å²) >= 11 is 0. The van der Waals surface area contributed by atoms with Gasteiger partial charge in [0, 0.05) is 17.3 Å². The van der Waals surface area contributed by atoms with Gasteiger partial charge in [-0.15, -0.1) is 0 Å². The third-order valence-electron chi connectivity index (χ3n) is 4.77. The van der Waals surface area contributed by atoms with E-state index in [1.54, 1.807) is 19.5 Å². The molecular weight excluding hydrogens is 340 g/mol. The molecule has 1 unspecified atom stereocenters. The number of hydrogen-bond donors (Lipinski definition) is 1. The number of pyridine rings is 1. The monoisotopic (exact) mass is 360 g/mol. The number of ether oxygens (including phenoxy) is 2. The lowest BCUT2D eigenvalue weighted by atomic mass is 9.96. The van der Waals surface area contributed by atoms with Gasteiger partial charge in [-0.05, 0) is 53.9 Å². The third kappa shape index (κ3) is 3.36.